The van der Waals surface area contributed by atoms with Crippen molar-refractivity contribution in [2.24, 2.45) is 0 Å². The molecule has 0 aromatic carbocycles. The molecule has 0 unspecified atom stereocenters. The number of nitrogens with zero attached hydrogens (tertiary/aromatic N) is 1. The monoisotopic (exact) mass is 283 g/mol. The highest BCUT2D eigenvalue weighted by molar-refractivity contribution is 5.89. The summed E-state index contributed by atoms with van der Waals surface area (Å²) in [6.07, 6.45) is 4.58. The van der Waals surface area contributed by atoms with Crippen LogP contribution in [-0.2, 0) is 14.3 Å². The summed E-state index contributed by atoms with van der Waals surface area (Å²) in [6, 6.07) is 0. The Bertz CT molecular complexity index is 392. The fraction of sp³-hybridized carbons (Fsp3) is 0.571. The lowest BCUT2D eigenvalue weighted by molar-refractivity contribution is -0.134. The molecule has 6 nitrogen and oxygen atoms in total. The first kappa shape index (κ1) is 16.4. The molecule has 2 saturated heterocycles. The molecule has 0 atom stereocenters. The van der Waals surface area contributed by atoms with Crippen molar-refractivity contribution in [3.05, 3.63) is 24.3 Å². The van der Waals surface area contributed by atoms with Crippen molar-refractivity contribution in [1.82, 2.24) is 4.90 Å². The van der Waals surface area contributed by atoms with Crippen LogP contribution in [0.25, 0.3) is 0 Å². The number of hydrogen-bond donors (Lipinski definition) is 2. The van der Waals surface area contributed by atoms with Gasteiger partial charge in [0.1, 0.15) is 0 Å². The number of carboxylic acid groups (broad SMARTS) is 2. The van der Waals surface area contributed by atoms with Crippen molar-refractivity contribution in [2.75, 3.05) is 26.7 Å². The second kappa shape index (κ2) is 7.21. The van der Waals surface area contributed by atoms with Gasteiger partial charge in [-0.3, -0.25) is 0 Å². The Morgan fingerprint density at radius 1 is 1.25 bits per heavy atom. The Balaban J connectivity index is 0.000000221. The molecule has 20 heavy (non-hydrogen) atoms. The second-order valence-corrected chi connectivity index (χ2v) is 5.21. The lowest BCUT2D eigenvalue weighted by Crippen LogP contribution is -2.42. The van der Waals surface area contributed by atoms with E-state index in [2.05, 4.69) is 18.5 Å². The minimum absolute atomic E-state index is 0.184. The number of ether oxygens (including phenoxy) is 1. The van der Waals surface area contributed by atoms with E-state index in [-0.39, 0.29) is 5.60 Å². The van der Waals surface area contributed by atoms with E-state index in [1.807, 2.05) is 0 Å². The molecule has 0 amide bonds. The van der Waals surface area contributed by atoms with Crippen molar-refractivity contribution < 1.29 is 24.5 Å². The van der Waals surface area contributed by atoms with Gasteiger partial charge in [-0.1, -0.05) is 6.58 Å². The number of rotatable bonds is 2. The summed E-state index contributed by atoms with van der Waals surface area (Å²) in [5.74, 6) is -2.51. The van der Waals surface area contributed by atoms with Gasteiger partial charge in [0, 0.05) is 25.2 Å². The smallest absolute Gasteiger partial charge is 0.328 e. The minimum atomic E-state index is -1.26. The molecule has 2 aliphatic heterocycles. The van der Waals surface area contributed by atoms with Crippen molar-refractivity contribution in [2.45, 2.75) is 24.9 Å². The topological polar surface area (TPSA) is 87.1 Å². The van der Waals surface area contributed by atoms with E-state index in [1.165, 1.54) is 31.5 Å². The average Bonchev–Trinajstić information content (AvgIpc) is 2.73. The molecular weight excluding hydrogens is 262 g/mol. The third kappa shape index (κ3) is 5.54. The molecular formula is C14H21NO5. The van der Waals surface area contributed by atoms with Crippen molar-refractivity contribution in [3.63, 3.8) is 0 Å². The molecule has 0 aromatic heterocycles. The third-order valence-electron chi connectivity index (χ3n) is 3.42. The molecule has 112 valence electrons. The maximum absolute atomic E-state index is 9.55. The Morgan fingerprint density at radius 2 is 1.75 bits per heavy atom. The molecule has 0 radical (unpaired) electrons. The molecule has 2 fully saturated rings. The largest absolute Gasteiger partial charge is 0.478 e. The summed E-state index contributed by atoms with van der Waals surface area (Å²) < 4.78 is 5.82. The van der Waals surface area contributed by atoms with E-state index in [0.29, 0.717) is 12.2 Å². The Morgan fingerprint density at radius 3 is 2.10 bits per heavy atom. The molecule has 2 rings (SSSR count). The van der Waals surface area contributed by atoms with Crippen molar-refractivity contribution in [3.8, 4) is 0 Å². The molecule has 0 aliphatic carbocycles. The summed E-state index contributed by atoms with van der Waals surface area (Å²) in [6.45, 7) is 7.13. The lowest BCUT2D eigenvalue weighted by Gasteiger charge is -2.36. The summed E-state index contributed by atoms with van der Waals surface area (Å²) >= 11 is 0. The van der Waals surface area contributed by atoms with Gasteiger partial charge in [0.15, 0.2) is 0 Å². The molecule has 1 spiro atoms. The summed E-state index contributed by atoms with van der Waals surface area (Å²) in [5.41, 5.74) is 1.46. The van der Waals surface area contributed by atoms with Gasteiger partial charge in [-0.05, 0) is 31.9 Å². The Labute approximate surface area is 118 Å². The van der Waals surface area contributed by atoms with E-state index in [4.69, 9.17) is 14.9 Å². The van der Waals surface area contributed by atoms with E-state index >= 15 is 0 Å². The summed E-state index contributed by atoms with van der Waals surface area (Å²) in [4.78, 5) is 21.5. The normalized spacial score (nSPS) is 21.8. The van der Waals surface area contributed by atoms with Gasteiger partial charge < -0.3 is 19.8 Å². The van der Waals surface area contributed by atoms with Crippen LogP contribution in [0.2, 0.25) is 0 Å². The predicted molar refractivity (Wildman–Crippen MR) is 73.6 cm³/mol. The molecule has 0 aromatic rings. The van der Waals surface area contributed by atoms with Gasteiger partial charge in [-0.2, -0.15) is 0 Å². The zero-order chi connectivity index (χ0) is 15.2. The standard InChI is InChI=1S/C10H17NO.C4H4O4/c1-9-7-10(12-8-9)3-5-11(2)6-4-10;5-3(6)1-2-4(7)8/h1,3-8H2,2H3;1-2H,(H,5,6)(H,7,8)/b;2-1-. The molecule has 0 saturated carbocycles. The highest BCUT2D eigenvalue weighted by atomic mass is 16.5. The summed E-state index contributed by atoms with van der Waals surface area (Å²) in [5, 5.41) is 15.6. The lowest BCUT2D eigenvalue weighted by atomic mass is 9.88. The van der Waals surface area contributed by atoms with Gasteiger partial charge in [-0.15, -0.1) is 0 Å². The SMILES string of the molecule is C=C1COC2(CCN(C)CC2)C1.O=C(O)/C=C\C(=O)O. The quantitative estimate of drug-likeness (QED) is 0.584. The fourth-order valence-electron chi connectivity index (χ4n) is 2.30. The van der Waals surface area contributed by atoms with Gasteiger partial charge in [-0.25, -0.2) is 9.59 Å². The van der Waals surface area contributed by atoms with Crippen LogP contribution in [-0.4, -0.2) is 59.4 Å². The van der Waals surface area contributed by atoms with Crippen LogP contribution in [0.15, 0.2) is 24.3 Å². The van der Waals surface area contributed by atoms with E-state index in [0.717, 1.165) is 13.0 Å². The number of piperidine rings is 1. The molecule has 6 heteroatoms. The maximum Gasteiger partial charge on any atom is 0.328 e. The number of likely N-dealkylation sites (tertiary alicyclic amines) is 1. The van der Waals surface area contributed by atoms with Gasteiger partial charge in [0.25, 0.3) is 0 Å². The van der Waals surface area contributed by atoms with E-state index in [9.17, 15) is 9.59 Å². The minimum Gasteiger partial charge on any atom is -0.478 e. The first-order valence-electron chi connectivity index (χ1n) is 6.46. The first-order chi connectivity index (χ1) is 9.33. The van der Waals surface area contributed by atoms with Crippen LogP contribution in [0.3, 0.4) is 0 Å². The predicted octanol–water partition coefficient (Wildman–Crippen LogP) is 1.14. The molecule has 0 bridgehead atoms. The molecule has 2 heterocycles. The van der Waals surface area contributed by atoms with Crippen LogP contribution in [0.4, 0.5) is 0 Å². The number of aliphatic carboxylic acids is 2. The van der Waals surface area contributed by atoms with Crippen LogP contribution >= 0.6 is 0 Å². The fourth-order valence-corrected chi connectivity index (χ4v) is 2.30. The van der Waals surface area contributed by atoms with Crippen molar-refractivity contribution >= 4 is 11.9 Å². The number of carboxylic acids is 2. The summed E-state index contributed by atoms with van der Waals surface area (Å²) in [7, 11) is 2.18. The van der Waals surface area contributed by atoms with Crippen LogP contribution in [0, 0.1) is 0 Å². The van der Waals surface area contributed by atoms with E-state index in [1.54, 1.807) is 0 Å². The molecule has 2 N–H and O–H groups in total. The molecule has 2 aliphatic rings. The zero-order valence-electron chi connectivity index (χ0n) is 11.7. The first-order valence-corrected chi connectivity index (χ1v) is 6.46. The third-order valence-corrected chi connectivity index (χ3v) is 3.42. The average molecular weight is 283 g/mol. The second-order valence-electron chi connectivity index (χ2n) is 5.21. The van der Waals surface area contributed by atoms with Gasteiger partial charge >= 0.3 is 11.9 Å². The van der Waals surface area contributed by atoms with Crippen LogP contribution in [0.1, 0.15) is 19.3 Å². The Hall–Kier alpha value is -1.66. The number of carbonyl (C=O) groups is 2. The highest BCUT2D eigenvalue weighted by Gasteiger charge is 2.38. The van der Waals surface area contributed by atoms with Crippen molar-refractivity contribution in [1.29, 1.82) is 0 Å². The Kier molecular flexibility index (Phi) is 5.91. The van der Waals surface area contributed by atoms with Crippen LogP contribution in [0.5, 0.6) is 0 Å². The van der Waals surface area contributed by atoms with E-state index < -0.39 is 11.9 Å². The van der Waals surface area contributed by atoms with Gasteiger partial charge in [0.2, 0.25) is 0 Å². The van der Waals surface area contributed by atoms with Crippen LogP contribution < -0.4 is 0 Å². The van der Waals surface area contributed by atoms with Gasteiger partial charge in [0.05, 0.1) is 12.2 Å². The maximum atomic E-state index is 9.55. The highest BCUT2D eigenvalue weighted by Crippen LogP contribution is 2.37. The number of hydrogen-bond acceptors (Lipinski definition) is 4. The zero-order valence-corrected chi connectivity index (χ0v) is 11.7.